The largest absolute Gasteiger partial charge is 0.494 e. The van der Waals surface area contributed by atoms with Crippen LogP contribution in [0.15, 0.2) is 12.4 Å². The second-order valence-corrected chi connectivity index (χ2v) is 5.11. The highest BCUT2D eigenvalue weighted by Gasteiger charge is 2.23. The Bertz CT molecular complexity index is 523. The minimum atomic E-state index is -0.692. The van der Waals surface area contributed by atoms with Crippen molar-refractivity contribution in [3.63, 3.8) is 0 Å². The van der Waals surface area contributed by atoms with E-state index in [-0.39, 0.29) is 23.6 Å². The number of nitrogens with zero attached hydrogens (tertiary/aromatic N) is 1. The maximum atomic E-state index is 12.0. The number of esters is 1. The first kappa shape index (κ1) is 16.7. The van der Waals surface area contributed by atoms with Gasteiger partial charge in [-0.05, 0) is 27.7 Å². The van der Waals surface area contributed by atoms with Crippen LogP contribution in [0.25, 0.3) is 0 Å². The van der Waals surface area contributed by atoms with Crippen LogP contribution in [-0.2, 0) is 9.47 Å². The molecule has 0 spiro atoms. The molecular weight excluding hydrogens is 276 g/mol. The lowest BCUT2D eigenvalue weighted by Gasteiger charge is -2.20. The average molecular weight is 296 g/mol. The fourth-order valence-corrected chi connectivity index (χ4v) is 1.52. The lowest BCUT2D eigenvalue weighted by molar-refractivity contribution is 0.0524. The van der Waals surface area contributed by atoms with Crippen molar-refractivity contribution in [2.75, 3.05) is 19.0 Å². The topological polar surface area (TPSA) is 86.8 Å². The Labute approximate surface area is 123 Å². The van der Waals surface area contributed by atoms with Crippen LogP contribution in [0.1, 0.15) is 38.1 Å². The molecule has 1 rings (SSSR count). The molecule has 0 aliphatic heterocycles. The van der Waals surface area contributed by atoms with Crippen LogP contribution in [0.5, 0.6) is 5.75 Å². The van der Waals surface area contributed by atoms with E-state index in [1.807, 2.05) is 0 Å². The van der Waals surface area contributed by atoms with E-state index in [2.05, 4.69) is 10.3 Å². The summed E-state index contributed by atoms with van der Waals surface area (Å²) in [6, 6.07) is 0. The quantitative estimate of drug-likeness (QED) is 0.859. The van der Waals surface area contributed by atoms with Gasteiger partial charge >= 0.3 is 12.1 Å². The fourth-order valence-electron chi connectivity index (χ4n) is 1.52. The summed E-state index contributed by atoms with van der Waals surface area (Å²) in [4.78, 5) is 27.7. The lowest BCUT2D eigenvalue weighted by atomic mass is 10.2. The summed E-state index contributed by atoms with van der Waals surface area (Å²) in [7, 11) is 1.40. The molecule has 0 aromatic carbocycles. The molecule has 0 unspecified atom stereocenters. The van der Waals surface area contributed by atoms with Crippen LogP contribution in [0, 0.1) is 0 Å². The minimum Gasteiger partial charge on any atom is -0.494 e. The molecule has 116 valence electrons. The van der Waals surface area contributed by atoms with Gasteiger partial charge in [0.1, 0.15) is 11.2 Å². The van der Waals surface area contributed by atoms with Crippen molar-refractivity contribution in [3.8, 4) is 5.75 Å². The molecule has 7 heteroatoms. The second-order valence-electron chi connectivity index (χ2n) is 5.11. The Morgan fingerprint density at radius 3 is 2.48 bits per heavy atom. The normalized spacial score (nSPS) is 10.7. The van der Waals surface area contributed by atoms with Gasteiger partial charge < -0.3 is 14.2 Å². The third-order valence-electron chi connectivity index (χ3n) is 2.25. The molecule has 1 aromatic rings. The first-order valence-electron chi connectivity index (χ1n) is 6.47. The number of carbonyl (C=O) groups excluding carboxylic acids is 2. The van der Waals surface area contributed by atoms with Gasteiger partial charge in [-0.3, -0.25) is 10.3 Å². The first-order valence-corrected chi connectivity index (χ1v) is 6.47. The Morgan fingerprint density at radius 2 is 1.95 bits per heavy atom. The fraction of sp³-hybridized carbons (Fsp3) is 0.500. The molecular formula is C14H20N2O5. The smallest absolute Gasteiger partial charge is 0.412 e. The maximum Gasteiger partial charge on any atom is 0.412 e. The van der Waals surface area contributed by atoms with Crippen LogP contribution >= 0.6 is 0 Å². The van der Waals surface area contributed by atoms with E-state index in [1.165, 1.54) is 19.5 Å². The molecule has 21 heavy (non-hydrogen) atoms. The number of hydrogen-bond acceptors (Lipinski definition) is 6. The van der Waals surface area contributed by atoms with Gasteiger partial charge in [0, 0.05) is 0 Å². The van der Waals surface area contributed by atoms with Crippen molar-refractivity contribution >= 4 is 17.7 Å². The summed E-state index contributed by atoms with van der Waals surface area (Å²) >= 11 is 0. The summed E-state index contributed by atoms with van der Waals surface area (Å²) in [5.41, 5.74) is -0.386. The van der Waals surface area contributed by atoms with Crippen LogP contribution in [0.3, 0.4) is 0 Å². The molecule has 1 heterocycles. The average Bonchev–Trinajstić information content (AvgIpc) is 2.36. The monoisotopic (exact) mass is 296 g/mol. The molecule has 1 amide bonds. The Morgan fingerprint density at radius 1 is 1.29 bits per heavy atom. The summed E-state index contributed by atoms with van der Waals surface area (Å²) in [6.07, 6.45) is 2.01. The zero-order valence-corrected chi connectivity index (χ0v) is 12.9. The molecule has 0 radical (unpaired) electrons. The zero-order valence-electron chi connectivity index (χ0n) is 12.9. The van der Waals surface area contributed by atoms with Gasteiger partial charge in [-0.15, -0.1) is 0 Å². The van der Waals surface area contributed by atoms with E-state index in [0.29, 0.717) is 0 Å². The molecule has 0 atom stereocenters. The van der Waals surface area contributed by atoms with Crippen molar-refractivity contribution < 1.29 is 23.8 Å². The van der Waals surface area contributed by atoms with Crippen LogP contribution < -0.4 is 10.1 Å². The Hall–Kier alpha value is -2.31. The standard InChI is InChI=1S/C14H20N2O5/c1-6-20-12(17)11-9(7-15-8-10(11)19-5)16-13(18)21-14(2,3)4/h7-8H,6H2,1-5H3,(H,16,18). The van der Waals surface area contributed by atoms with Crippen molar-refractivity contribution in [1.82, 2.24) is 4.98 Å². The highest BCUT2D eigenvalue weighted by Crippen LogP contribution is 2.26. The van der Waals surface area contributed by atoms with Crippen molar-refractivity contribution in [2.24, 2.45) is 0 Å². The van der Waals surface area contributed by atoms with Gasteiger partial charge in [-0.1, -0.05) is 0 Å². The number of nitrogens with one attached hydrogen (secondary N) is 1. The van der Waals surface area contributed by atoms with Crippen molar-refractivity contribution in [2.45, 2.75) is 33.3 Å². The summed E-state index contributed by atoms with van der Waals surface area (Å²) in [5, 5.41) is 2.48. The molecule has 0 aliphatic carbocycles. The SMILES string of the molecule is CCOC(=O)c1c(NC(=O)OC(C)(C)C)cncc1OC. The minimum absolute atomic E-state index is 0.0974. The third-order valence-corrected chi connectivity index (χ3v) is 2.25. The highest BCUT2D eigenvalue weighted by atomic mass is 16.6. The summed E-state index contributed by atoms with van der Waals surface area (Å²) in [6.45, 7) is 7.11. The highest BCUT2D eigenvalue weighted by molar-refractivity contribution is 6.01. The second kappa shape index (κ2) is 6.92. The molecule has 1 N–H and O–H groups in total. The summed E-state index contributed by atoms with van der Waals surface area (Å²) in [5.74, 6) is -0.398. The number of rotatable bonds is 4. The van der Waals surface area contributed by atoms with E-state index in [4.69, 9.17) is 14.2 Å². The Balaban J connectivity index is 3.06. The third kappa shape index (κ3) is 4.94. The number of aromatic nitrogens is 1. The van der Waals surface area contributed by atoms with E-state index in [1.54, 1.807) is 27.7 Å². The predicted molar refractivity (Wildman–Crippen MR) is 76.6 cm³/mol. The van der Waals surface area contributed by atoms with Crippen LogP contribution in [-0.4, -0.2) is 36.4 Å². The molecule has 0 saturated carbocycles. The maximum absolute atomic E-state index is 12.0. The number of amides is 1. The van der Waals surface area contributed by atoms with Gasteiger partial charge in [0.05, 0.1) is 31.8 Å². The first-order chi connectivity index (χ1) is 9.78. The lowest BCUT2D eigenvalue weighted by Crippen LogP contribution is -2.28. The molecule has 0 fully saturated rings. The van der Waals surface area contributed by atoms with Gasteiger partial charge in [0.2, 0.25) is 0 Å². The van der Waals surface area contributed by atoms with Crippen molar-refractivity contribution in [3.05, 3.63) is 18.0 Å². The molecule has 0 aliphatic rings. The number of hydrogen-bond donors (Lipinski definition) is 1. The number of pyridine rings is 1. The van der Waals surface area contributed by atoms with E-state index >= 15 is 0 Å². The molecule has 0 saturated heterocycles. The predicted octanol–water partition coefficient (Wildman–Crippen LogP) is 2.61. The van der Waals surface area contributed by atoms with E-state index < -0.39 is 17.7 Å². The van der Waals surface area contributed by atoms with Gasteiger partial charge in [0.25, 0.3) is 0 Å². The van der Waals surface area contributed by atoms with Crippen LogP contribution in [0.4, 0.5) is 10.5 Å². The number of methoxy groups -OCH3 is 1. The number of anilines is 1. The van der Waals surface area contributed by atoms with Crippen molar-refractivity contribution in [1.29, 1.82) is 0 Å². The Kier molecular flexibility index (Phi) is 5.52. The molecule has 1 aromatic heterocycles. The van der Waals surface area contributed by atoms with Gasteiger partial charge in [0.15, 0.2) is 5.75 Å². The van der Waals surface area contributed by atoms with Gasteiger partial charge in [-0.25, -0.2) is 9.59 Å². The van der Waals surface area contributed by atoms with E-state index in [9.17, 15) is 9.59 Å². The zero-order chi connectivity index (χ0) is 16.0. The molecule has 0 bridgehead atoms. The number of carbonyl (C=O) groups is 2. The van der Waals surface area contributed by atoms with Crippen LogP contribution in [0.2, 0.25) is 0 Å². The van der Waals surface area contributed by atoms with E-state index in [0.717, 1.165) is 0 Å². The summed E-state index contributed by atoms with van der Waals surface area (Å²) < 4.78 is 15.2. The number of ether oxygens (including phenoxy) is 3. The molecule has 7 nitrogen and oxygen atoms in total. The van der Waals surface area contributed by atoms with Gasteiger partial charge in [-0.2, -0.15) is 0 Å².